The third kappa shape index (κ3) is 2.12. The maximum absolute atomic E-state index is 11.6. The predicted octanol–water partition coefficient (Wildman–Crippen LogP) is 2.49. The van der Waals surface area contributed by atoms with Crippen LogP contribution in [-0.4, -0.2) is 17.7 Å². The molecular formula is C12H16O3. The third-order valence-corrected chi connectivity index (χ3v) is 2.55. The van der Waals surface area contributed by atoms with Gasteiger partial charge in [0.2, 0.25) is 0 Å². The van der Waals surface area contributed by atoms with Crippen LogP contribution in [0.1, 0.15) is 34.0 Å². The standard InChI is InChI=1S/C12H16O3/c1-5-15-12(14)11-7(2)6-10(13)8(3)9(11)4/h6,13H,5H2,1-4H3. The summed E-state index contributed by atoms with van der Waals surface area (Å²) in [4.78, 5) is 11.6. The minimum Gasteiger partial charge on any atom is -0.508 e. The second-order valence-corrected chi connectivity index (χ2v) is 3.56. The molecule has 15 heavy (non-hydrogen) atoms. The number of aryl methyl sites for hydroxylation is 1. The second kappa shape index (κ2) is 4.34. The van der Waals surface area contributed by atoms with Gasteiger partial charge < -0.3 is 9.84 Å². The van der Waals surface area contributed by atoms with Crippen molar-refractivity contribution in [3.63, 3.8) is 0 Å². The van der Waals surface area contributed by atoms with E-state index in [0.717, 1.165) is 16.7 Å². The molecule has 0 heterocycles. The molecule has 0 aromatic heterocycles. The van der Waals surface area contributed by atoms with Gasteiger partial charge in [0.25, 0.3) is 0 Å². The average Bonchev–Trinajstić information content (AvgIpc) is 2.15. The molecule has 0 aliphatic rings. The van der Waals surface area contributed by atoms with Gasteiger partial charge in [-0.3, -0.25) is 0 Å². The lowest BCUT2D eigenvalue weighted by molar-refractivity contribution is 0.0524. The van der Waals surface area contributed by atoms with Gasteiger partial charge in [0.15, 0.2) is 0 Å². The molecule has 1 N–H and O–H groups in total. The van der Waals surface area contributed by atoms with Gasteiger partial charge in [-0.2, -0.15) is 0 Å². The first kappa shape index (κ1) is 11.6. The number of ether oxygens (including phenoxy) is 1. The summed E-state index contributed by atoms with van der Waals surface area (Å²) in [6, 6.07) is 1.59. The molecule has 0 atom stereocenters. The first-order valence-electron chi connectivity index (χ1n) is 4.95. The van der Waals surface area contributed by atoms with E-state index in [0.29, 0.717) is 12.2 Å². The van der Waals surface area contributed by atoms with E-state index in [4.69, 9.17) is 4.74 Å². The van der Waals surface area contributed by atoms with Gasteiger partial charge >= 0.3 is 5.97 Å². The van der Waals surface area contributed by atoms with Gasteiger partial charge in [-0.25, -0.2) is 4.79 Å². The number of aromatic hydroxyl groups is 1. The Morgan fingerprint density at radius 1 is 1.33 bits per heavy atom. The number of carbonyl (C=O) groups excluding carboxylic acids is 1. The Morgan fingerprint density at radius 3 is 2.47 bits per heavy atom. The fourth-order valence-corrected chi connectivity index (χ4v) is 1.58. The summed E-state index contributed by atoms with van der Waals surface area (Å²) in [5.74, 6) is -0.103. The number of hydrogen-bond acceptors (Lipinski definition) is 3. The molecule has 0 unspecified atom stereocenters. The molecule has 0 radical (unpaired) electrons. The van der Waals surface area contributed by atoms with Gasteiger partial charge in [-0.1, -0.05) is 0 Å². The van der Waals surface area contributed by atoms with Crippen molar-refractivity contribution in [1.82, 2.24) is 0 Å². The highest BCUT2D eigenvalue weighted by molar-refractivity contribution is 5.93. The smallest absolute Gasteiger partial charge is 0.338 e. The van der Waals surface area contributed by atoms with Gasteiger partial charge in [-0.15, -0.1) is 0 Å². The molecule has 3 heteroatoms. The fourth-order valence-electron chi connectivity index (χ4n) is 1.58. The van der Waals surface area contributed by atoms with Crippen LogP contribution in [0.15, 0.2) is 6.07 Å². The molecule has 0 saturated heterocycles. The van der Waals surface area contributed by atoms with E-state index in [1.807, 2.05) is 6.92 Å². The summed E-state index contributed by atoms with van der Waals surface area (Å²) in [7, 11) is 0. The Hall–Kier alpha value is -1.51. The highest BCUT2D eigenvalue weighted by atomic mass is 16.5. The number of rotatable bonds is 2. The molecule has 0 amide bonds. The number of phenolic OH excluding ortho intramolecular Hbond substituents is 1. The molecular weight excluding hydrogens is 192 g/mol. The van der Waals surface area contributed by atoms with Crippen molar-refractivity contribution >= 4 is 5.97 Å². The molecule has 3 nitrogen and oxygen atoms in total. The molecule has 1 rings (SSSR count). The zero-order valence-corrected chi connectivity index (χ0v) is 9.55. The first-order chi connectivity index (χ1) is 6.99. The Morgan fingerprint density at radius 2 is 1.93 bits per heavy atom. The predicted molar refractivity (Wildman–Crippen MR) is 58.3 cm³/mol. The van der Waals surface area contributed by atoms with Crippen LogP contribution in [0.2, 0.25) is 0 Å². The number of esters is 1. The van der Waals surface area contributed by atoms with Crippen molar-refractivity contribution in [3.8, 4) is 5.75 Å². The maximum Gasteiger partial charge on any atom is 0.338 e. The summed E-state index contributed by atoms with van der Waals surface area (Å²) in [6.45, 7) is 7.52. The maximum atomic E-state index is 11.6. The first-order valence-corrected chi connectivity index (χ1v) is 4.95. The Bertz CT molecular complexity index is 394. The molecule has 1 aromatic carbocycles. The van der Waals surface area contributed by atoms with E-state index in [9.17, 15) is 9.90 Å². The van der Waals surface area contributed by atoms with Crippen molar-refractivity contribution in [2.24, 2.45) is 0 Å². The van der Waals surface area contributed by atoms with E-state index in [-0.39, 0.29) is 11.7 Å². The molecule has 0 saturated carbocycles. The average molecular weight is 208 g/mol. The lowest BCUT2D eigenvalue weighted by atomic mass is 9.97. The third-order valence-electron chi connectivity index (χ3n) is 2.55. The monoisotopic (exact) mass is 208 g/mol. The van der Waals surface area contributed by atoms with Crippen LogP contribution in [-0.2, 0) is 4.74 Å². The minimum atomic E-state index is -0.324. The van der Waals surface area contributed by atoms with E-state index < -0.39 is 0 Å². The summed E-state index contributed by atoms with van der Waals surface area (Å²) >= 11 is 0. The highest BCUT2D eigenvalue weighted by Crippen LogP contribution is 2.26. The van der Waals surface area contributed by atoms with Crippen LogP contribution >= 0.6 is 0 Å². The zero-order chi connectivity index (χ0) is 11.6. The Balaban J connectivity index is 3.29. The van der Waals surface area contributed by atoms with E-state index >= 15 is 0 Å². The largest absolute Gasteiger partial charge is 0.508 e. The molecule has 82 valence electrons. The normalized spacial score (nSPS) is 10.1. The van der Waals surface area contributed by atoms with Crippen LogP contribution < -0.4 is 0 Å². The number of carbonyl (C=O) groups is 1. The Kier molecular flexibility index (Phi) is 3.35. The molecule has 0 aliphatic carbocycles. The van der Waals surface area contributed by atoms with Crippen molar-refractivity contribution in [3.05, 3.63) is 28.3 Å². The summed E-state index contributed by atoms with van der Waals surface area (Å²) in [5, 5.41) is 9.56. The highest BCUT2D eigenvalue weighted by Gasteiger charge is 2.16. The van der Waals surface area contributed by atoms with Gasteiger partial charge in [0.05, 0.1) is 12.2 Å². The molecule has 0 aliphatic heterocycles. The van der Waals surface area contributed by atoms with Crippen molar-refractivity contribution < 1.29 is 14.6 Å². The zero-order valence-electron chi connectivity index (χ0n) is 9.55. The molecule has 1 aromatic rings. The summed E-state index contributed by atoms with van der Waals surface area (Å²) in [5.41, 5.74) is 2.82. The lowest BCUT2D eigenvalue weighted by Crippen LogP contribution is -2.09. The fraction of sp³-hybridized carbons (Fsp3) is 0.417. The van der Waals surface area contributed by atoms with E-state index in [1.54, 1.807) is 26.8 Å². The Labute approximate surface area is 89.7 Å². The summed E-state index contributed by atoms with van der Waals surface area (Å²) in [6.07, 6.45) is 0. The summed E-state index contributed by atoms with van der Waals surface area (Å²) < 4.78 is 4.96. The van der Waals surface area contributed by atoms with Crippen molar-refractivity contribution in [2.45, 2.75) is 27.7 Å². The second-order valence-electron chi connectivity index (χ2n) is 3.56. The minimum absolute atomic E-state index is 0.220. The van der Waals surface area contributed by atoms with Gasteiger partial charge in [0, 0.05) is 0 Å². The molecule has 0 fully saturated rings. The van der Waals surface area contributed by atoms with Crippen molar-refractivity contribution in [1.29, 1.82) is 0 Å². The number of benzene rings is 1. The number of hydrogen-bond donors (Lipinski definition) is 1. The quantitative estimate of drug-likeness (QED) is 0.759. The topological polar surface area (TPSA) is 46.5 Å². The van der Waals surface area contributed by atoms with Crippen LogP contribution in [0.3, 0.4) is 0 Å². The van der Waals surface area contributed by atoms with E-state index in [1.165, 1.54) is 0 Å². The van der Waals surface area contributed by atoms with E-state index in [2.05, 4.69) is 0 Å². The number of phenols is 1. The molecule has 0 bridgehead atoms. The SMILES string of the molecule is CCOC(=O)c1c(C)cc(O)c(C)c1C. The van der Waals surface area contributed by atoms with Gasteiger partial charge in [-0.05, 0) is 50.5 Å². The van der Waals surface area contributed by atoms with Crippen LogP contribution in [0.5, 0.6) is 5.75 Å². The molecule has 0 spiro atoms. The van der Waals surface area contributed by atoms with Gasteiger partial charge in [0.1, 0.15) is 5.75 Å². The van der Waals surface area contributed by atoms with Crippen LogP contribution in [0.25, 0.3) is 0 Å². The lowest BCUT2D eigenvalue weighted by Gasteiger charge is -2.12. The van der Waals surface area contributed by atoms with Crippen LogP contribution in [0.4, 0.5) is 0 Å². The van der Waals surface area contributed by atoms with Crippen molar-refractivity contribution in [2.75, 3.05) is 6.61 Å². The van der Waals surface area contributed by atoms with Crippen LogP contribution in [0, 0.1) is 20.8 Å².